The van der Waals surface area contributed by atoms with Crippen molar-refractivity contribution in [3.8, 4) is 0 Å². The monoisotopic (exact) mass is 258 g/mol. The van der Waals surface area contributed by atoms with Gasteiger partial charge in [-0.3, -0.25) is 9.59 Å². The molecule has 0 saturated heterocycles. The number of amides is 2. The molecule has 0 unspecified atom stereocenters. The van der Waals surface area contributed by atoms with Gasteiger partial charge in [0.1, 0.15) is 0 Å². The van der Waals surface area contributed by atoms with Crippen LogP contribution in [0.15, 0.2) is 0 Å². The summed E-state index contributed by atoms with van der Waals surface area (Å²) in [5, 5.41) is 2.56. The van der Waals surface area contributed by atoms with Crippen molar-refractivity contribution < 1.29 is 9.59 Å². The molecule has 6 heteroatoms. The Bertz CT molecular complexity index is 279. The van der Waals surface area contributed by atoms with Crippen LogP contribution in [0.2, 0.25) is 0 Å². The van der Waals surface area contributed by atoms with E-state index in [4.69, 9.17) is 5.73 Å². The van der Waals surface area contributed by atoms with Gasteiger partial charge >= 0.3 is 0 Å². The Morgan fingerprint density at radius 3 is 2.17 bits per heavy atom. The van der Waals surface area contributed by atoms with Crippen LogP contribution in [0.5, 0.6) is 0 Å². The Labute approximate surface area is 109 Å². The quantitative estimate of drug-likeness (QED) is 0.621. The Morgan fingerprint density at radius 1 is 1.17 bits per heavy atom. The first kappa shape index (κ1) is 16.9. The number of likely N-dealkylation sites (N-methyl/N-ethyl adjacent to an activating group) is 2. The van der Waals surface area contributed by atoms with Crippen LogP contribution in [-0.2, 0) is 9.59 Å². The predicted octanol–water partition coefficient (Wildman–Crippen LogP) is -0.894. The fraction of sp³-hybridized carbons (Fsp3) is 0.833. The molecule has 106 valence electrons. The highest BCUT2D eigenvalue weighted by molar-refractivity contribution is 5.87. The molecule has 0 bridgehead atoms. The van der Waals surface area contributed by atoms with Crippen LogP contribution < -0.4 is 11.1 Å². The standard InChI is InChI=1S/C12H26N4O2/c1-9(2)11(13)12(18)14-8-10(17)16(5)7-6-15(3)4/h9,11H,6-8,13H2,1-5H3,(H,14,18)/t11-/m0/s1. The van der Waals surface area contributed by atoms with Crippen molar-refractivity contribution in [2.75, 3.05) is 40.8 Å². The predicted molar refractivity (Wildman–Crippen MR) is 72.0 cm³/mol. The molecule has 0 rings (SSSR count). The summed E-state index contributed by atoms with van der Waals surface area (Å²) in [6.07, 6.45) is 0. The van der Waals surface area contributed by atoms with E-state index in [0.717, 1.165) is 6.54 Å². The SMILES string of the molecule is CC(C)[C@H](N)C(=O)NCC(=O)N(C)CCN(C)C. The largest absolute Gasteiger partial charge is 0.346 e. The second kappa shape index (κ2) is 8.05. The molecule has 0 radical (unpaired) electrons. The number of hydrogen-bond acceptors (Lipinski definition) is 4. The zero-order valence-corrected chi connectivity index (χ0v) is 12.1. The maximum Gasteiger partial charge on any atom is 0.241 e. The van der Waals surface area contributed by atoms with E-state index < -0.39 is 6.04 Å². The first-order chi connectivity index (χ1) is 8.25. The molecule has 0 aromatic heterocycles. The topological polar surface area (TPSA) is 78.7 Å². The second-order valence-corrected chi connectivity index (χ2v) is 5.11. The number of nitrogens with zero attached hydrogens (tertiary/aromatic N) is 2. The Morgan fingerprint density at radius 2 is 1.72 bits per heavy atom. The van der Waals surface area contributed by atoms with E-state index in [9.17, 15) is 9.59 Å². The minimum absolute atomic E-state index is 0.00316. The lowest BCUT2D eigenvalue weighted by molar-refractivity contribution is -0.132. The lowest BCUT2D eigenvalue weighted by Gasteiger charge is -2.21. The minimum atomic E-state index is -0.565. The van der Waals surface area contributed by atoms with E-state index in [1.54, 1.807) is 11.9 Å². The highest BCUT2D eigenvalue weighted by atomic mass is 16.2. The second-order valence-electron chi connectivity index (χ2n) is 5.11. The highest BCUT2D eigenvalue weighted by Crippen LogP contribution is 1.97. The van der Waals surface area contributed by atoms with Gasteiger partial charge in [0.15, 0.2) is 0 Å². The molecule has 2 amide bonds. The number of rotatable bonds is 7. The third-order valence-electron chi connectivity index (χ3n) is 2.74. The van der Waals surface area contributed by atoms with E-state index in [0.29, 0.717) is 6.54 Å². The van der Waals surface area contributed by atoms with E-state index in [-0.39, 0.29) is 24.3 Å². The van der Waals surface area contributed by atoms with E-state index >= 15 is 0 Å². The fourth-order valence-corrected chi connectivity index (χ4v) is 1.19. The molecular weight excluding hydrogens is 232 g/mol. The van der Waals surface area contributed by atoms with Gasteiger partial charge in [-0.15, -0.1) is 0 Å². The van der Waals surface area contributed by atoms with Crippen LogP contribution in [-0.4, -0.2) is 68.4 Å². The summed E-state index contributed by atoms with van der Waals surface area (Å²) in [4.78, 5) is 26.9. The lowest BCUT2D eigenvalue weighted by atomic mass is 10.1. The van der Waals surface area contributed by atoms with Gasteiger partial charge in [0.25, 0.3) is 0 Å². The Kier molecular flexibility index (Phi) is 7.54. The van der Waals surface area contributed by atoms with Crippen molar-refractivity contribution in [2.24, 2.45) is 11.7 Å². The first-order valence-corrected chi connectivity index (χ1v) is 6.17. The van der Waals surface area contributed by atoms with Crippen molar-refractivity contribution in [1.82, 2.24) is 15.1 Å². The number of carbonyl (C=O) groups is 2. The zero-order valence-electron chi connectivity index (χ0n) is 12.1. The van der Waals surface area contributed by atoms with Crippen LogP contribution >= 0.6 is 0 Å². The number of carbonyl (C=O) groups excluding carboxylic acids is 2. The van der Waals surface area contributed by atoms with Gasteiger partial charge in [0.05, 0.1) is 12.6 Å². The number of hydrogen-bond donors (Lipinski definition) is 2. The first-order valence-electron chi connectivity index (χ1n) is 6.17. The maximum atomic E-state index is 11.7. The number of nitrogens with two attached hydrogens (primary N) is 1. The van der Waals surface area contributed by atoms with Crippen LogP contribution in [0.25, 0.3) is 0 Å². The summed E-state index contributed by atoms with van der Waals surface area (Å²) in [6, 6.07) is -0.565. The van der Waals surface area contributed by atoms with Gasteiger partial charge < -0.3 is 20.9 Å². The van der Waals surface area contributed by atoms with Gasteiger partial charge in [0, 0.05) is 20.1 Å². The minimum Gasteiger partial charge on any atom is -0.346 e. The molecule has 1 atom stereocenters. The van der Waals surface area contributed by atoms with Crippen molar-refractivity contribution in [3.05, 3.63) is 0 Å². The molecule has 0 aliphatic rings. The fourth-order valence-electron chi connectivity index (χ4n) is 1.19. The van der Waals surface area contributed by atoms with Gasteiger partial charge in [-0.2, -0.15) is 0 Å². The summed E-state index contributed by atoms with van der Waals surface area (Å²) >= 11 is 0. The maximum absolute atomic E-state index is 11.7. The molecule has 0 aliphatic carbocycles. The molecule has 0 aromatic rings. The highest BCUT2D eigenvalue weighted by Gasteiger charge is 2.18. The molecule has 18 heavy (non-hydrogen) atoms. The third kappa shape index (κ3) is 6.56. The van der Waals surface area contributed by atoms with E-state index in [1.807, 2.05) is 32.8 Å². The Hall–Kier alpha value is -1.14. The van der Waals surface area contributed by atoms with Crippen LogP contribution in [0, 0.1) is 5.92 Å². The summed E-state index contributed by atoms with van der Waals surface area (Å²) in [7, 11) is 5.61. The van der Waals surface area contributed by atoms with Gasteiger partial charge in [-0.25, -0.2) is 0 Å². The summed E-state index contributed by atoms with van der Waals surface area (Å²) in [6.45, 7) is 5.17. The summed E-state index contributed by atoms with van der Waals surface area (Å²) in [5.74, 6) is -0.327. The van der Waals surface area contributed by atoms with Gasteiger partial charge in [-0.05, 0) is 20.0 Å². The van der Waals surface area contributed by atoms with Crippen molar-refractivity contribution in [3.63, 3.8) is 0 Å². The lowest BCUT2D eigenvalue weighted by Crippen LogP contribution is -2.47. The molecule has 6 nitrogen and oxygen atoms in total. The molecule has 0 aliphatic heterocycles. The molecule has 0 fully saturated rings. The molecule has 0 heterocycles. The van der Waals surface area contributed by atoms with Crippen molar-refractivity contribution in [1.29, 1.82) is 0 Å². The van der Waals surface area contributed by atoms with Crippen LogP contribution in [0.4, 0.5) is 0 Å². The molecule has 3 N–H and O–H groups in total. The molecular formula is C12H26N4O2. The molecule has 0 aromatic carbocycles. The third-order valence-corrected chi connectivity index (χ3v) is 2.74. The Balaban J connectivity index is 3.99. The summed E-state index contributed by atoms with van der Waals surface area (Å²) < 4.78 is 0. The average Bonchev–Trinajstić information content (AvgIpc) is 2.30. The van der Waals surface area contributed by atoms with Crippen LogP contribution in [0.1, 0.15) is 13.8 Å². The van der Waals surface area contributed by atoms with E-state index in [1.165, 1.54) is 0 Å². The molecule has 0 spiro atoms. The van der Waals surface area contributed by atoms with Gasteiger partial charge in [-0.1, -0.05) is 13.8 Å². The summed E-state index contributed by atoms with van der Waals surface area (Å²) in [5.41, 5.74) is 5.68. The average molecular weight is 258 g/mol. The van der Waals surface area contributed by atoms with E-state index in [2.05, 4.69) is 5.32 Å². The smallest absolute Gasteiger partial charge is 0.241 e. The van der Waals surface area contributed by atoms with Crippen molar-refractivity contribution >= 4 is 11.8 Å². The zero-order chi connectivity index (χ0) is 14.3. The van der Waals surface area contributed by atoms with Crippen LogP contribution in [0.3, 0.4) is 0 Å². The normalized spacial score (nSPS) is 12.7. The van der Waals surface area contributed by atoms with Gasteiger partial charge in [0.2, 0.25) is 11.8 Å². The number of nitrogens with one attached hydrogen (secondary N) is 1. The molecule has 0 saturated carbocycles. The van der Waals surface area contributed by atoms with Crippen molar-refractivity contribution in [2.45, 2.75) is 19.9 Å².